The number of unbranched alkanes of at least 4 members (excludes halogenated alkanes) is 1. The minimum Gasteiger partial charge on any atom is -0.481 e. The van der Waals surface area contributed by atoms with E-state index in [4.69, 9.17) is 5.11 Å². The zero-order chi connectivity index (χ0) is 15.7. The number of carboxylic acid groups (broad SMARTS) is 1. The first kappa shape index (κ1) is 15.1. The summed E-state index contributed by atoms with van der Waals surface area (Å²) in [6, 6.07) is 6.62. The lowest BCUT2D eigenvalue weighted by Crippen LogP contribution is -2.36. The van der Waals surface area contributed by atoms with Crippen LogP contribution in [0, 0.1) is 5.92 Å². The number of benzene rings is 1. The first-order valence-electron chi connectivity index (χ1n) is 8.23. The van der Waals surface area contributed by atoms with E-state index in [2.05, 4.69) is 25.1 Å². The van der Waals surface area contributed by atoms with Crippen molar-refractivity contribution < 1.29 is 14.7 Å². The predicted octanol–water partition coefficient (Wildman–Crippen LogP) is 3.17. The highest BCUT2D eigenvalue weighted by Gasteiger charge is 2.39. The molecule has 3 rings (SSSR count). The van der Waals surface area contributed by atoms with Gasteiger partial charge < -0.3 is 10.0 Å². The molecule has 1 N–H and O–H groups in total. The van der Waals surface area contributed by atoms with Crippen LogP contribution in [0.25, 0.3) is 0 Å². The smallest absolute Gasteiger partial charge is 0.303 e. The Morgan fingerprint density at radius 3 is 2.73 bits per heavy atom. The quantitative estimate of drug-likeness (QED) is 0.821. The molecule has 1 aromatic rings. The van der Waals surface area contributed by atoms with Crippen LogP contribution in [0.1, 0.15) is 50.2 Å². The van der Waals surface area contributed by atoms with E-state index >= 15 is 0 Å². The molecule has 0 saturated heterocycles. The minimum absolute atomic E-state index is 0.242. The zero-order valence-electron chi connectivity index (χ0n) is 13.0. The third-order valence-electron chi connectivity index (χ3n) is 4.63. The summed E-state index contributed by atoms with van der Waals surface area (Å²) < 4.78 is 0. The van der Waals surface area contributed by atoms with Crippen LogP contribution in [0.3, 0.4) is 0 Å². The maximum absolute atomic E-state index is 12.4. The van der Waals surface area contributed by atoms with Crippen LogP contribution in [-0.4, -0.2) is 23.0 Å². The number of carboxylic acids is 1. The summed E-state index contributed by atoms with van der Waals surface area (Å²) >= 11 is 0. The highest BCUT2D eigenvalue weighted by molar-refractivity contribution is 5.98. The Labute approximate surface area is 131 Å². The van der Waals surface area contributed by atoms with Gasteiger partial charge >= 0.3 is 5.97 Å². The van der Waals surface area contributed by atoms with Crippen molar-refractivity contribution in [2.24, 2.45) is 5.92 Å². The van der Waals surface area contributed by atoms with E-state index in [1.54, 1.807) is 0 Å². The Balaban J connectivity index is 1.65. The van der Waals surface area contributed by atoms with Crippen molar-refractivity contribution in [3.63, 3.8) is 0 Å². The number of anilines is 1. The highest BCUT2D eigenvalue weighted by atomic mass is 16.4. The van der Waals surface area contributed by atoms with Crippen LogP contribution in [0.5, 0.6) is 0 Å². The number of nitrogens with zero attached hydrogens (tertiary/aromatic N) is 1. The number of carbonyl (C=O) groups excluding carboxylic acids is 1. The number of rotatable bonds is 6. The highest BCUT2D eigenvalue weighted by Crippen LogP contribution is 2.39. The third-order valence-corrected chi connectivity index (χ3v) is 4.63. The van der Waals surface area contributed by atoms with Crippen LogP contribution in [0.15, 0.2) is 18.2 Å². The predicted molar refractivity (Wildman–Crippen MR) is 85.0 cm³/mol. The average molecular weight is 301 g/mol. The molecule has 1 saturated carbocycles. The number of carbonyl (C=O) groups is 2. The molecule has 1 aliphatic heterocycles. The molecular formula is C18H23NO3. The van der Waals surface area contributed by atoms with E-state index in [0.717, 1.165) is 44.2 Å². The maximum Gasteiger partial charge on any atom is 0.303 e. The van der Waals surface area contributed by atoms with Gasteiger partial charge in [0.15, 0.2) is 0 Å². The van der Waals surface area contributed by atoms with Crippen LogP contribution in [-0.2, 0) is 22.4 Å². The molecule has 0 aromatic heterocycles. The molecule has 1 aliphatic carbocycles. The number of hydrogen-bond donors (Lipinski definition) is 1. The van der Waals surface area contributed by atoms with Crippen molar-refractivity contribution >= 4 is 17.6 Å². The summed E-state index contributed by atoms with van der Waals surface area (Å²) in [5, 5.41) is 8.66. The van der Waals surface area contributed by atoms with Crippen molar-refractivity contribution in [1.82, 2.24) is 0 Å². The molecule has 1 amide bonds. The number of fused-ring (bicyclic) bond motifs is 1. The van der Waals surface area contributed by atoms with Gasteiger partial charge in [-0.15, -0.1) is 0 Å². The third kappa shape index (κ3) is 3.16. The lowest BCUT2D eigenvalue weighted by Gasteiger charge is -2.22. The van der Waals surface area contributed by atoms with Crippen molar-refractivity contribution in [2.45, 2.75) is 57.9 Å². The SMILES string of the molecule is CC1Cc2cc(CCCCC(=O)O)ccc2N1C(=O)C1CC1. The Kier molecular flexibility index (Phi) is 4.19. The molecule has 118 valence electrons. The van der Waals surface area contributed by atoms with Crippen molar-refractivity contribution in [3.05, 3.63) is 29.3 Å². The van der Waals surface area contributed by atoms with E-state index in [1.165, 1.54) is 11.1 Å². The second-order valence-corrected chi connectivity index (χ2v) is 6.60. The van der Waals surface area contributed by atoms with Gasteiger partial charge in [0.2, 0.25) is 5.91 Å². The molecule has 2 aliphatic rings. The summed E-state index contributed by atoms with van der Waals surface area (Å²) in [5.41, 5.74) is 3.59. The Hall–Kier alpha value is -1.84. The average Bonchev–Trinajstić information content (AvgIpc) is 3.25. The molecule has 1 unspecified atom stereocenters. The number of amides is 1. The summed E-state index contributed by atoms with van der Waals surface area (Å²) in [6.45, 7) is 2.12. The Morgan fingerprint density at radius 1 is 1.27 bits per heavy atom. The normalized spacial score (nSPS) is 20.0. The van der Waals surface area contributed by atoms with Crippen molar-refractivity contribution in [3.8, 4) is 0 Å². The van der Waals surface area contributed by atoms with Gasteiger partial charge in [0, 0.05) is 24.1 Å². The van der Waals surface area contributed by atoms with Gasteiger partial charge in [-0.05, 0) is 62.6 Å². The monoisotopic (exact) mass is 301 g/mol. The van der Waals surface area contributed by atoms with E-state index in [0.29, 0.717) is 5.91 Å². The molecule has 1 heterocycles. The molecule has 4 heteroatoms. The van der Waals surface area contributed by atoms with E-state index in [1.807, 2.05) is 4.90 Å². The molecule has 0 radical (unpaired) electrons. The van der Waals surface area contributed by atoms with Gasteiger partial charge in [-0.25, -0.2) is 0 Å². The first-order chi connectivity index (χ1) is 10.6. The van der Waals surface area contributed by atoms with Gasteiger partial charge in [-0.2, -0.15) is 0 Å². The Morgan fingerprint density at radius 2 is 2.05 bits per heavy atom. The summed E-state index contributed by atoms with van der Waals surface area (Å²) in [6.07, 6.45) is 5.77. The van der Waals surface area contributed by atoms with Gasteiger partial charge in [-0.1, -0.05) is 12.1 Å². The minimum atomic E-state index is -0.725. The molecular weight excluding hydrogens is 278 g/mol. The van der Waals surface area contributed by atoms with Crippen molar-refractivity contribution in [2.75, 3.05) is 4.90 Å². The summed E-state index contributed by atoms with van der Waals surface area (Å²) in [7, 11) is 0. The van der Waals surface area contributed by atoms with Gasteiger partial charge in [0.05, 0.1) is 0 Å². The Bertz CT molecular complexity index is 592. The molecule has 1 aromatic carbocycles. The van der Waals surface area contributed by atoms with Crippen LogP contribution < -0.4 is 4.90 Å². The maximum atomic E-state index is 12.4. The number of aliphatic carboxylic acids is 1. The van der Waals surface area contributed by atoms with Gasteiger partial charge in [0.1, 0.15) is 0 Å². The van der Waals surface area contributed by atoms with Gasteiger partial charge in [-0.3, -0.25) is 9.59 Å². The topological polar surface area (TPSA) is 57.6 Å². The molecule has 0 bridgehead atoms. The van der Waals surface area contributed by atoms with E-state index < -0.39 is 5.97 Å². The number of hydrogen-bond acceptors (Lipinski definition) is 2. The second-order valence-electron chi connectivity index (χ2n) is 6.60. The summed E-state index contributed by atoms with van der Waals surface area (Å²) in [5.74, 6) is -0.179. The first-order valence-corrected chi connectivity index (χ1v) is 8.23. The lowest BCUT2D eigenvalue weighted by atomic mass is 10.0. The molecule has 4 nitrogen and oxygen atoms in total. The van der Waals surface area contributed by atoms with Crippen LogP contribution >= 0.6 is 0 Å². The fourth-order valence-corrected chi connectivity index (χ4v) is 3.31. The van der Waals surface area contributed by atoms with Crippen LogP contribution in [0.4, 0.5) is 5.69 Å². The zero-order valence-corrected chi connectivity index (χ0v) is 13.0. The summed E-state index contributed by atoms with van der Waals surface area (Å²) in [4.78, 5) is 24.9. The van der Waals surface area contributed by atoms with Gasteiger partial charge in [0.25, 0.3) is 0 Å². The standard InChI is InChI=1S/C18H23NO3/c1-12-10-15-11-13(4-2-3-5-17(20)21)6-9-16(15)19(12)18(22)14-7-8-14/h6,9,11-12,14H,2-5,7-8,10H2,1H3,(H,20,21). The largest absolute Gasteiger partial charge is 0.481 e. The molecule has 0 spiro atoms. The van der Waals surface area contributed by atoms with Crippen molar-refractivity contribution in [1.29, 1.82) is 0 Å². The van der Waals surface area contributed by atoms with E-state index in [-0.39, 0.29) is 18.4 Å². The van der Waals surface area contributed by atoms with Crippen LogP contribution in [0.2, 0.25) is 0 Å². The second kappa shape index (κ2) is 6.11. The fraction of sp³-hybridized carbons (Fsp3) is 0.556. The number of aryl methyl sites for hydroxylation is 1. The molecule has 1 fully saturated rings. The lowest BCUT2D eigenvalue weighted by molar-refractivity contribution is -0.137. The molecule has 1 atom stereocenters. The fourth-order valence-electron chi connectivity index (χ4n) is 3.31. The molecule has 22 heavy (non-hydrogen) atoms. The van der Waals surface area contributed by atoms with E-state index in [9.17, 15) is 9.59 Å².